The summed E-state index contributed by atoms with van der Waals surface area (Å²) in [6.07, 6.45) is 0. The van der Waals surface area contributed by atoms with Crippen molar-refractivity contribution in [3.05, 3.63) is 45.3 Å². The van der Waals surface area contributed by atoms with Crippen molar-refractivity contribution in [3.63, 3.8) is 0 Å². The highest BCUT2D eigenvalue weighted by Crippen LogP contribution is 2.22. The van der Waals surface area contributed by atoms with Crippen LogP contribution in [0.4, 0.5) is 5.69 Å². The van der Waals surface area contributed by atoms with Gasteiger partial charge in [0.15, 0.2) is 0 Å². The zero-order valence-corrected chi connectivity index (χ0v) is 8.28. The molecule has 0 fully saturated rings. The van der Waals surface area contributed by atoms with Crippen LogP contribution in [0.2, 0.25) is 0 Å². The molecular formula is C9H7N3O4. The number of nitro groups is 1. The molecule has 7 nitrogen and oxygen atoms in total. The van der Waals surface area contributed by atoms with E-state index in [4.69, 9.17) is 0 Å². The van der Waals surface area contributed by atoms with Crippen LogP contribution in [0.1, 0.15) is 5.69 Å². The van der Waals surface area contributed by atoms with Crippen molar-refractivity contribution in [1.82, 2.24) is 5.16 Å². The van der Waals surface area contributed by atoms with Gasteiger partial charge in [0, 0.05) is 29.8 Å². The Morgan fingerprint density at radius 2 is 2.25 bits per heavy atom. The van der Waals surface area contributed by atoms with E-state index in [2.05, 4.69) is 9.79 Å². The van der Waals surface area contributed by atoms with E-state index in [9.17, 15) is 15.3 Å². The standard InChI is InChI=1S/C9H7N3O4/c1-6-9(12(15)16-10-6)7-3-2-4-8(5-7)11(13)14/h2-5H,1H3. The molecule has 0 saturated carbocycles. The second kappa shape index (κ2) is 3.61. The van der Waals surface area contributed by atoms with Gasteiger partial charge in [-0.1, -0.05) is 6.07 Å². The first-order valence-electron chi connectivity index (χ1n) is 4.41. The lowest BCUT2D eigenvalue weighted by atomic mass is 10.1. The molecule has 0 radical (unpaired) electrons. The predicted octanol–water partition coefficient (Wildman–Crippen LogP) is 1.19. The molecule has 0 saturated heterocycles. The minimum Gasteiger partial charge on any atom is -0.359 e. The van der Waals surface area contributed by atoms with E-state index < -0.39 is 4.92 Å². The van der Waals surface area contributed by atoms with E-state index in [1.165, 1.54) is 18.2 Å². The highest BCUT2D eigenvalue weighted by molar-refractivity contribution is 5.61. The lowest BCUT2D eigenvalue weighted by molar-refractivity contribution is -0.793. The van der Waals surface area contributed by atoms with Crippen molar-refractivity contribution in [3.8, 4) is 11.3 Å². The van der Waals surface area contributed by atoms with Crippen molar-refractivity contribution in [1.29, 1.82) is 0 Å². The van der Waals surface area contributed by atoms with Gasteiger partial charge >= 0.3 is 0 Å². The number of aromatic nitrogens is 2. The zero-order valence-electron chi connectivity index (χ0n) is 8.28. The smallest absolute Gasteiger partial charge is 0.270 e. The molecule has 7 heteroatoms. The van der Waals surface area contributed by atoms with Crippen molar-refractivity contribution in [2.75, 3.05) is 0 Å². The zero-order chi connectivity index (χ0) is 11.7. The van der Waals surface area contributed by atoms with Crippen molar-refractivity contribution >= 4 is 5.69 Å². The molecule has 0 aliphatic rings. The van der Waals surface area contributed by atoms with Gasteiger partial charge < -0.3 is 5.21 Å². The summed E-state index contributed by atoms with van der Waals surface area (Å²) in [4.78, 5) is 10.3. The molecule has 0 atom stereocenters. The molecule has 1 aromatic carbocycles. The Hall–Kier alpha value is -2.44. The molecule has 0 spiro atoms. The summed E-state index contributed by atoms with van der Waals surface area (Å²) in [5, 5.41) is 25.3. The van der Waals surface area contributed by atoms with Crippen LogP contribution >= 0.6 is 0 Å². The number of non-ortho nitro benzene ring substituents is 1. The fourth-order valence-electron chi connectivity index (χ4n) is 1.40. The molecule has 16 heavy (non-hydrogen) atoms. The molecule has 0 aliphatic carbocycles. The number of nitro benzene ring substituents is 1. The topological polar surface area (TPSA) is 96.1 Å². The van der Waals surface area contributed by atoms with Gasteiger partial charge in [-0.15, -0.1) is 0 Å². The van der Waals surface area contributed by atoms with E-state index in [0.29, 0.717) is 11.3 Å². The Morgan fingerprint density at radius 1 is 1.50 bits per heavy atom. The van der Waals surface area contributed by atoms with Crippen LogP contribution in [-0.2, 0) is 0 Å². The number of hydrogen-bond donors (Lipinski definition) is 0. The van der Waals surface area contributed by atoms with Crippen LogP contribution in [0.15, 0.2) is 28.9 Å². The first kappa shape index (κ1) is 10.1. The third kappa shape index (κ3) is 1.58. The van der Waals surface area contributed by atoms with Gasteiger partial charge in [-0.3, -0.25) is 14.7 Å². The SMILES string of the molecule is Cc1no[n+]([O-])c1-c1cccc([N+](=O)[O-])c1. The number of benzene rings is 1. The largest absolute Gasteiger partial charge is 0.359 e. The summed E-state index contributed by atoms with van der Waals surface area (Å²) in [6.45, 7) is 1.59. The maximum absolute atomic E-state index is 11.2. The van der Waals surface area contributed by atoms with Gasteiger partial charge in [-0.05, 0) is 11.0 Å². The predicted molar refractivity (Wildman–Crippen MR) is 52.3 cm³/mol. The Bertz CT molecular complexity index is 530. The third-order valence-electron chi connectivity index (χ3n) is 2.11. The molecule has 0 bridgehead atoms. The fraction of sp³-hybridized carbons (Fsp3) is 0.111. The van der Waals surface area contributed by atoms with Crippen LogP contribution in [-0.4, -0.2) is 10.1 Å². The van der Waals surface area contributed by atoms with Gasteiger partial charge in [0.05, 0.1) is 4.92 Å². The van der Waals surface area contributed by atoms with Crippen LogP contribution in [0.3, 0.4) is 0 Å². The number of aryl methyl sites for hydroxylation is 1. The van der Waals surface area contributed by atoms with E-state index >= 15 is 0 Å². The summed E-state index contributed by atoms with van der Waals surface area (Å²) >= 11 is 0. The summed E-state index contributed by atoms with van der Waals surface area (Å²) in [6, 6.07) is 5.73. The molecule has 1 heterocycles. The van der Waals surface area contributed by atoms with Crippen LogP contribution in [0.25, 0.3) is 11.3 Å². The molecule has 2 rings (SSSR count). The molecule has 0 unspecified atom stereocenters. The summed E-state index contributed by atoms with van der Waals surface area (Å²) in [5.74, 6) is 0. The summed E-state index contributed by atoms with van der Waals surface area (Å²) in [5.41, 5.74) is 0.889. The monoisotopic (exact) mass is 221 g/mol. The molecular weight excluding hydrogens is 214 g/mol. The van der Waals surface area contributed by atoms with Gasteiger partial charge in [0.2, 0.25) is 11.4 Å². The third-order valence-corrected chi connectivity index (χ3v) is 2.11. The van der Waals surface area contributed by atoms with Gasteiger partial charge in [-0.2, -0.15) is 0 Å². The number of hydrogen-bond acceptors (Lipinski definition) is 5. The van der Waals surface area contributed by atoms with Crippen molar-refractivity contribution in [2.45, 2.75) is 6.92 Å². The second-order valence-electron chi connectivity index (χ2n) is 3.17. The Labute approximate surface area is 89.6 Å². The maximum Gasteiger partial charge on any atom is 0.270 e. The Kier molecular flexibility index (Phi) is 2.28. The molecule has 82 valence electrons. The average Bonchev–Trinajstić information content (AvgIpc) is 2.59. The van der Waals surface area contributed by atoms with Crippen molar-refractivity contribution in [2.24, 2.45) is 0 Å². The number of rotatable bonds is 2. The van der Waals surface area contributed by atoms with E-state index in [1.54, 1.807) is 13.0 Å². The van der Waals surface area contributed by atoms with Crippen LogP contribution in [0.5, 0.6) is 0 Å². The Morgan fingerprint density at radius 3 is 2.81 bits per heavy atom. The quantitative estimate of drug-likeness (QED) is 0.431. The van der Waals surface area contributed by atoms with E-state index in [1.807, 2.05) is 0 Å². The fourth-order valence-corrected chi connectivity index (χ4v) is 1.40. The normalized spacial score (nSPS) is 10.3. The van der Waals surface area contributed by atoms with Gasteiger partial charge in [0.1, 0.15) is 0 Å². The lowest BCUT2D eigenvalue weighted by Gasteiger charge is -1.97. The van der Waals surface area contributed by atoms with Crippen molar-refractivity contribution < 1.29 is 14.5 Å². The van der Waals surface area contributed by atoms with E-state index in [-0.39, 0.29) is 16.3 Å². The van der Waals surface area contributed by atoms with Crippen LogP contribution < -0.4 is 4.90 Å². The summed E-state index contributed by atoms with van der Waals surface area (Å²) in [7, 11) is 0. The average molecular weight is 221 g/mol. The molecule has 1 aromatic heterocycles. The molecule has 0 aliphatic heterocycles. The first-order chi connectivity index (χ1) is 7.59. The maximum atomic E-state index is 11.2. The molecule has 2 aromatic rings. The lowest BCUT2D eigenvalue weighted by Crippen LogP contribution is -2.25. The first-order valence-corrected chi connectivity index (χ1v) is 4.41. The van der Waals surface area contributed by atoms with Gasteiger partial charge in [0.25, 0.3) is 5.69 Å². The highest BCUT2D eigenvalue weighted by Gasteiger charge is 2.18. The minimum atomic E-state index is -0.526. The molecule has 0 N–H and O–H groups in total. The number of nitrogens with zero attached hydrogens (tertiary/aromatic N) is 3. The van der Waals surface area contributed by atoms with E-state index in [0.717, 1.165) is 0 Å². The van der Waals surface area contributed by atoms with Crippen LogP contribution in [0, 0.1) is 22.2 Å². The second-order valence-corrected chi connectivity index (χ2v) is 3.17. The molecule has 0 amide bonds. The summed E-state index contributed by atoms with van der Waals surface area (Å²) < 4.78 is 4.39. The minimum absolute atomic E-state index is 0.0851. The Balaban J connectivity index is 2.57. The van der Waals surface area contributed by atoms with Gasteiger partial charge in [-0.25, -0.2) is 0 Å². The highest BCUT2D eigenvalue weighted by atomic mass is 16.8.